The molecule has 15 heteroatoms. The van der Waals surface area contributed by atoms with E-state index < -0.39 is 34.5 Å². The molecule has 6 N–H and O–H groups in total. The number of benzene rings is 1. The molecule has 1 aromatic carbocycles. The number of carboxylic acid groups (broad SMARTS) is 1. The molecular weight excluding hydrogens is 673 g/mol. The zero-order valence-corrected chi connectivity index (χ0v) is 29.1. The third-order valence-corrected chi connectivity index (χ3v) is 11.7. The molecule has 2 saturated heterocycles. The van der Waals surface area contributed by atoms with E-state index in [0.29, 0.717) is 11.8 Å². The van der Waals surface area contributed by atoms with Crippen molar-refractivity contribution in [1.82, 2.24) is 26.0 Å². The first-order chi connectivity index (χ1) is 21.2. The number of halogens is 2. The fourth-order valence-corrected chi connectivity index (χ4v) is 8.38. The second kappa shape index (κ2) is 20.2. The molecule has 1 atom stereocenters. The highest BCUT2D eigenvalue weighted by Gasteiger charge is 2.28. The van der Waals surface area contributed by atoms with Crippen LogP contribution in [-0.4, -0.2) is 76.6 Å². The molecule has 11 nitrogen and oxygen atoms in total. The molecule has 1 unspecified atom stereocenters. The zero-order chi connectivity index (χ0) is 31.4. The fraction of sp³-hybridized carbons (Fsp3) is 0.581. The Morgan fingerprint density at radius 3 is 1.96 bits per heavy atom. The van der Waals surface area contributed by atoms with Gasteiger partial charge in [-0.15, -0.1) is 36.2 Å². The molecule has 0 saturated carbocycles. The highest BCUT2D eigenvalue weighted by Crippen LogP contribution is 2.31. The highest BCUT2D eigenvalue weighted by molar-refractivity contribution is 7.91. The van der Waals surface area contributed by atoms with Crippen molar-refractivity contribution in [2.24, 2.45) is 17.8 Å². The average Bonchev–Trinajstić information content (AvgIpc) is 3.55. The number of hydrogen-bond acceptors (Lipinski definition) is 8. The summed E-state index contributed by atoms with van der Waals surface area (Å²) in [5.41, 5.74) is 0.850. The van der Waals surface area contributed by atoms with Gasteiger partial charge in [0.1, 0.15) is 10.3 Å². The smallest absolute Gasteiger partial charge is 0.323 e. The number of sulfonamides is 1. The van der Waals surface area contributed by atoms with Gasteiger partial charge < -0.3 is 26.4 Å². The van der Waals surface area contributed by atoms with Gasteiger partial charge in [0.25, 0.3) is 10.0 Å². The van der Waals surface area contributed by atoms with Crippen LogP contribution >= 0.6 is 36.2 Å². The Balaban J connectivity index is 0.00000368. The molecule has 3 heterocycles. The summed E-state index contributed by atoms with van der Waals surface area (Å²) in [6, 6.07) is 10.8. The fourth-order valence-electron chi connectivity index (χ4n) is 5.86. The maximum absolute atomic E-state index is 13.2. The van der Waals surface area contributed by atoms with E-state index in [-0.39, 0.29) is 47.4 Å². The van der Waals surface area contributed by atoms with Gasteiger partial charge in [0, 0.05) is 17.3 Å². The second-order valence-electron chi connectivity index (χ2n) is 11.8. The molecular formula is C31H47Cl2N5O6S2. The number of nitrogens with one attached hydrogen (secondary N) is 5. The van der Waals surface area contributed by atoms with Gasteiger partial charge in [-0.3, -0.25) is 14.4 Å². The molecule has 2 aromatic rings. The Bertz CT molecular complexity index is 1310. The highest BCUT2D eigenvalue weighted by atomic mass is 35.5. The van der Waals surface area contributed by atoms with E-state index >= 15 is 0 Å². The monoisotopic (exact) mass is 719 g/mol. The van der Waals surface area contributed by atoms with E-state index in [9.17, 15) is 27.9 Å². The molecule has 258 valence electrons. The SMILES string of the molecule is Cl.Cl.O=C(CNC(=O)C(CCC1CCNCC1)CCC1CCNCC1)NCC(NS(=O)(=O)c1ccc(-c2ccccc2)s1)C(=O)O. The van der Waals surface area contributed by atoms with Crippen molar-refractivity contribution in [1.29, 1.82) is 0 Å². The molecule has 2 aliphatic heterocycles. The number of rotatable bonds is 16. The van der Waals surface area contributed by atoms with Gasteiger partial charge in [0.2, 0.25) is 11.8 Å². The van der Waals surface area contributed by atoms with Crippen LogP contribution in [0.1, 0.15) is 51.4 Å². The molecule has 2 amide bonds. The van der Waals surface area contributed by atoms with E-state index in [4.69, 9.17) is 0 Å². The van der Waals surface area contributed by atoms with Crippen LogP contribution in [0.3, 0.4) is 0 Å². The predicted molar refractivity (Wildman–Crippen MR) is 185 cm³/mol. The Morgan fingerprint density at radius 2 is 1.41 bits per heavy atom. The summed E-state index contributed by atoms with van der Waals surface area (Å²) >= 11 is 1.03. The van der Waals surface area contributed by atoms with Crippen molar-refractivity contribution in [3.8, 4) is 10.4 Å². The zero-order valence-electron chi connectivity index (χ0n) is 25.9. The van der Waals surface area contributed by atoms with E-state index in [1.807, 2.05) is 30.3 Å². The first-order valence-electron chi connectivity index (χ1n) is 15.6. The largest absolute Gasteiger partial charge is 0.480 e. The van der Waals surface area contributed by atoms with Crippen LogP contribution in [0.5, 0.6) is 0 Å². The van der Waals surface area contributed by atoms with E-state index in [1.54, 1.807) is 6.07 Å². The van der Waals surface area contributed by atoms with Crippen LogP contribution in [0.4, 0.5) is 0 Å². The maximum atomic E-state index is 13.2. The van der Waals surface area contributed by atoms with Crippen molar-refractivity contribution in [2.75, 3.05) is 39.3 Å². The van der Waals surface area contributed by atoms with E-state index in [2.05, 4.69) is 26.0 Å². The van der Waals surface area contributed by atoms with Gasteiger partial charge in [-0.1, -0.05) is 30.3 Å². The Hall–Kier alpha value is -2.26. The van der Waals surface area contributed by atoms with Gasteiger partial charge in [-0.25, -0.2) is 8.42 Å². The van der Waals surface area contributed by atoms with Crippen molar-refractivity contribution in [2.45, 2.75) is 61.6 Å². The molecule has 0 spiro atoms. The van der Waals surface area contributed by atoms with Gasteiger partial charge >= 0.3 is 5.97 Å². The van der Waals surface area contributed by atoms with Crippen LogP contribution in [0.25, 0.3) is 10.4 Å². The maximum Gasteiger partial charge on any atom is 0.323 e. The minimum atomic E-state index is -4.15. The second-order valence-corrected chi connectivity index (χ2v) is 14.8. The summed E-state index contributed by atoms with van der Waals surface area (Å²) in [6.45, 7) is 3.26. The molecule has 0 bridgehead atoms. The average molecular weight is 721 g/mol. The first-order valence-corrected chi connectivity index (χ1v) is 17.9. The van der Waals surface area contributed by atoms with Crippen molar-refractivity contribution in [3.05, 3.63) is 42.5 Å². The normalized spacial score (nSPS) is 16.5. The lowest BCUT2D eigenvalue weighted by Crippen LogP contribution is -2.50. The summed E-state index contributed by atoms with van der Waals surface area (Å²) in [5.74, 6) is -1.15. The van der Waals surface area contributed by atoms with E-state index in [0.717, 1.165) is 99.3 Å². The number of thiophene rings is 1. The van der Waals surface area contributed by atoms with Crippen LogP contribution in [0, 0.1) is 17.8 Å². The minimum Gasteiger partial charge on any atom is -0.480 e. The minimum absolute atomic E-state index is 0. The number of amides is 2. The number of carboxylic acids is 1. The third kappa shape index (κ3) is 12.7. The number of aliphatic carboxylic acids is 1. The Kier molecular flexibility index (Phi) is 17.5. The lowest BCUT2D eigenvalue weighted by atomic mass is 9.84. The predicted octanol–water partition coefficient (Wildman–Crippen LogP) is 3.40. The molecule has 0 aliphatic carbocycles. The molecule has 0 radical (unpaired) electrons. The van der Waals surface area contributed by atoms with Crippen molar-refractivity contribution >= 4 is 64.0 Å². The Morgan fingerprint density at radius 1 is 0.848 bits per heavy atom. The summed E-state index contributed by atoms with van der Waals surface area (Å²) in [6.07, 6.45) is 7.97. The van der Waals surface area contributed by atoms with Crippen LogP contribution in [0.15, 0.2) is 46.7 Å². The summed E-state index contributed by atoms with van der Waals surface area (Å²) in [5, 5.41) is 21.6. The standard InChI is InChI=1S/C31H45N5O6S2.2ClH/c37-28(21-35-30(38)25(8-6-22-12-16-32-17-13-22)9-7-23-14-18-33-19-15-23)34-20-26(31(39)40)36-44(41,42)29-11-10-27(43-29)24-4-2-1-3-5-24;;/h1-5,10-11,22-23,25-26,32-33,36H,6-9,12-21H2,(H,34,37)(H,35,38)(H,39,40);2*1H. The number of carbonyl (C=O) groups excluding carboxylic acids is 2. The topological polar surface area (TPSA) is 166 Å². The van der Waals surface area contributed by atoms with E-state index in [1.165, 1.54) is 6.07 Å². The Labute approximate surface area is 288 Å². The molecule has 2 aliphatic rings. The van der Waals surface area contributed by atoms with Crippen molar-refractivity contribution < 1.29 is 27.9 Å². The summed E-state index contributed by atoms with van der Waals surface area (Å²) < 4.78 is 28.0. The van der Waals surface area contributed by atoms with Gasteiger partial charge in [0.15, 0.2) is 0 Å². The van der Waals surface area contributed by atoms with Crippen molar-refractivity contribution in [3.63, 3.8) is 0 Å². The number of carbonyl (C=O) groups is 3. The number of hydrogen-bond donors (Lipinski definition) is 6. The number of piperidine rings is 2. The molecule has 46 heavy (non-hydrogen) atoms. The molecule has 1 aromatic heterocycles. The van der Waals surface area contributed by atoms with Gasteiger partial charge in [0.05, 0.1) is 6.54 Å². The molecule has 2 fully saturated rings. The lowest BCUT2D eigenvalue weighted by Gasteiger charge is -2.27. The van der Waals surface area contributed by atoms with Crippen LogP contribution < -0.4 is 26.0 Å². The van der Waals surface area contributed by atoms with Gasteiger partial charge in [-0.05, 0) is 107 Å². The van der Waals surface area contributed by atoms with Crippen LogP contribution in [-0.2, 0) is 24.4 Å². The van der Waals surface area contributed by atoms with Gasteiger partial charge in [-0.2, -0.15) is 4.72 Å². The third-order valence-electron chi connectivity index (χ3n) is 8.56. The first kappa shape index (κ1) is 39.9. The van der Waals surface area contributed by atoms with Crippen LogP contribution in [0.2, 0.25) is 0 Å². The lowest BCUT2D eigenvalue weighted by molar-refractivity contribution is -0.139. The molecule has 4 rings (SSSR count). The quantitative estimate of drug-likeness (QED) is 0.154. The summed E-state index contributed by atoms with van der Waals surface area (Å²) in [4.78, 5) is 38.4. The summed E-state index contributed by atoms with van der Waals surface area (Å²) in [7, 11) is -4.15.